The zero-order valence-corrected chi connectivity index (χ0v) is 16.5. The van der Waals surface area contributed by atoms with Crippen LogP contribution in [0.2, 0.25) is 0 Å². The minimum Gasteiger partial charge on any atom is -0.462 e. The number of nitrogens with zero attached hydrogens (tertiary/aromatic N) is 2. The molecule has 0 aliphatic heterocycles. The van der Waals surface area contributed by atoms with Crippen molar-refractivity contribution >= 4 is 39.0 Å². The first-order valence-corrected chi connectivity index (χ1v) is 10.1. The number of benzene rings is 2. The molecule has 4 rings (SSSR count). The summed E-state index contributed by atoms with van der Waals surface area (Å²) in [5.41, 5.74) is 2.99. The van der Waals surface area contributed by atoms with Crippen molar-refractivity contribution in [2.45, 2.75) is 13.3 Å². The predicted molar refractivity (Wildman–Crippen MR) is 113 cm³/mol. The Hall–Kier alpha value is -3.32. The van der Waals surface area contributed by atoms with Crippen LogP contribution in [0.25, 0.3) is 21.3 Å². The van der Waals surface area contributed by atoms with E-state index in [0.29, 0.717) is 23.7 Å². The molecule has 0 aliphatic carbocycles. The molecule has 0 bridgehead atoms. The molecular weight excluding hydrogens is 389 g/mol. The Morgan fingerprint density at radius 3 is 2.79 bits per heavy atom. The van der Waals surface area contributed by atoms with Crippen molar-refractivity contribution in [1.82, 2.24) is 9.97 Å². The van der Waals surface area contributed by atoms with Crippen molar-refractivity contribution < 1.29 is 13.9 Å². The van der Waals surface area contributed by atoms with Gasteiger partial charge >= 0.3 is 5.97 Å². The summed E-state index contributed by atoms with van der Waals surface area (Å²) in [4.78, 5) is 21.7. The second-order valence-corrected chi connectivity index (χ2v) is 7.26. The Morgan fingerprint density at radius 1 is 1.17 bits per heavy atom. The van der Waals surface area contributed by atoms with Gasteiger partial charge in [0.2, 0.25) is 0 Å². The number of halogens is 1. The molecule has 1 N–H and O–H groups in total. The van der Waals surface area contributed by atoms with Crippen LogP contribution in [0, 0.1) is 5.82 Å². The molecule has 0 fully saturated rings. The smallest absolute Gasteiger partial charge is 0.338 e. The number of rotatable bonds is 6. The number of fused-ring (bicyclic) bond motifs is 1. The van der Waals surface area contributed by atoms with Crippen molar-refractivity contribution in [2.24, 2.45) is 0 Å². The highest BCUT2D eigenvalue weighted by Crippen LogP contribution is 2.37. The Balaban J connectivity index is 1.69. The van der Waals surface area contributed by atoms with Crippen molar-refractivity contribution in [1.29, 1.82) is 0 Å². The highest BCUT2D eigenvalue weighted by Gasteiger charge is 2.14. The summed E-state index contributed by atoms with van der Waals surface area (Å²) < 4.78 is 18.5. The van der Waals surface area contributed by atoms with Gasteiger partial charge < -0.3 is 10.1 Å². The summed E-state index contributed by atoms with van der Waals surface area (Å²) in [6.45, 7) is 2.34. The molecule has 0 saturated heterocycles. The zero-order valence-electron chi connectivity index (χ0n) is 15.7. The molecule has 0 atom stereocenters. The molecule has 5 nitrogen and oxygen atoms in total. The van der Waals surface area contributed by atoms with Crippen molar-refractivity contribution in [3.05, 3.63) is 71.6 Å². The highest BCUT2D eigenvalue weighted by atomic mass is 32.1. The van der Waals surface area contributed by atoms with Crippen LogP contribution in [0.3, 0.4) is 0 Å². The van der Waals surface area contributed by atoms with Gasteiger partial charge in [-0.2, -0.15) is 0 Å². The lowest BCUT2D eigenvalue weighted by Gasteiger charge is -2.10. The van der Waals surface area contributed by atoms with Gasteiger partial charge in [-0.1, -0.05) is 25.1 Å². The quantitative estimate of drug-likeness (QED) is 0.409. The minimum absolute atomic E-state index is 0.283. The Morgan fingerprint density at radius 2 is 2.00 bits per heavy atom. The number of carbonyl (C=O) groups is 1. The summed E-state index contributed by atoms with van der Waals surface area (Å²) in [7, 11) is 0. The molecule has 0 radical (unpaired) electrons. The topological polar surface area (TPSA) is 64.1 Å². The third kappa shape index (κ3) is 4.09. The number of hydrogen-bond acceptors (Lipinski definition) is 6. The third-order valence-electron chi connectivity index (χ3n) is 4.32. The summed E-state index contributed by atoms with van der Waals surface area (Å²) in [5, 5.41) is 6.11. The zero-order chi connectivity index (χ0) is 20.2. The molecule has 0 saturated carbocycles. The predicted octanol–water partition coefficient (Wildman–Crippen LogP) is 5.81. The molecule has 4 aromatic rings. The van der Waals surface area contributed by atoms with E-state index in [4.69, 9.17) is 4.74 Å². The standard InChI is InChI=1S/C22H18FN3O2S/c1-2-10-28-22(27)15-4-3-5-17(11-15)26-20-19-18(12-29-21(19)25-13-24-20)14-6-8-16(23)9-7-14/h3-9,11-13H,2,10H2,1H3,(H,24,25,26). The number of aromatic nitrogens is 2. The van der Waals surface area contributed by atoms with Gasteiger partial charge in [-0.15, -0.1) is 11.3 Å². The van der Waals surface area contributed by atoms with E-state index in [-0.39, 0.29) is 11.8 Å². The Labute approximate surface area is 171 Å². The first kappa shape index (κ1) is 19.0. The molecule has 0 unspecified atom stereocenters. The molecule has 2 heterocycles. The molecule has 0 amide bonds. The maximum Gasteiger partial charge on any atom is 0.338 e. The largest absolute Gasteiger partial charge is 0.462 e. The number of hydrogen-bond donors (Lipinski definition) is 1. The summed E-state index contributed by atoms with van der Waals surface area (Å²) in [6.07, 6.45) is 2.27. The van der Waals surface area contributed by atoms with Crippen LogP contribution >= 0.6 is 11.3 Å². The van der Waals surface area contributed by atoms with Gasteiger partial charge in [-0.05, 0) is 42.3 Å². The molecular formula is C22H18FN3O2S. The van der Waals surface area contributed by atoms with E-state index in [1.807, 2.05) is 18.4 Å². The van der Waals surface area contributed by atoms with E-state index < -0.39 is 0 Å². The fourth-order valence-electron chi connectivity index (χ4n) is 2.95. The first-order valence-electron chi connectivity index (χ1n) is 9.18. The lowest BCUT2D eigenvalue weighted by molar-refractivity contribution is 0.0505. The second kappa shape index (κ2) is 8.36. The normalized spacial score (nSPS) is 10.8. The maximum absolute atomic E-state index is 13.3. The number of anilines is 2. The number of esters is 1. The average Bonchev–Trinajstić information content (AvgIpc) is 3.18. The van der Waals surface area contributed by atoms with Crippen LogP contribution in [0.5, 0.6) is 0 Å². The number of ether oxygens (including phenoxy) is 1. The van der Waals surface area contributed by atoms with Crippen LogP contribution in [0.4, 0.5) is 15.9 Å². The van der Waals surface area contributed by atoms with E-state index in [9.17, 15) is 9.18 Å². The fourth-order valence-corrected chi connectivity index (χ4v) is 3.87. The van der Waals surface area contributed by atoms with E-state index >= 15 is 0 Å². The second-order valence-electron chi connectivity index (χ2n) is 6.40. The van der Waals surface area contributed by atoms with Crippen LogP contribution in [-0.2, 0) is 4.74 Å². The van der Waals surface area contributed by atoms with Gasteiger partial charge in [0, 0.05) is 16.6 Å². The minimum atomic E-state index is -0.356. The van der Waals surface area contributed by atoms with Gasteiger partial charge in [0.25, 0.3) is 0 Å². The van der Waals surface area contributed by atoms with Gasteiger partial charge in [-0.25, -0.2) is 19.2 Å². The Kier molecular flexibility index (Phi) is 5.48. The van der Waals surface area contributed by atoms with E-state index in [1.54, 1.807) is 30.3 Å². The summed E-state index contributed by atoms with van der Waals surface area (Å²) in [6, 6.07) is 13.4. The van der Waals surface area contributed by atoms with Gasteiger partial charge in [0.05, 0.1) is 17.6 Å². The lowest BCUT2D eigenvalue weighted by atomic mass is 10.1. The molecule has 2 aromatic carbocycles. The maximum atomic E-state index is 13.3. The van der Waals surface area contributed by atoms with E-state index in [1.165, 1.54) is 29.8 Å². The number of carbonyl (C=O) groups excluding carboxylic acids is 1. The van der Waals surface area contributed by atoms with Crippen LogP contribution in [0.1, 0.15) is 23.7 Å². The molecule has 146 valence electrons. The third-order valence-corrected chi connectivity index (χ3v) is 5.21. The first-order chi connectivity index (χ1) is 14.2. The SMILES string of the molecule is CCCOC(=O)c1cccc(Nc2ncnc3scc(-c4ccc(F)cc4)c23)c1. The van der Waals surface area contributed by atoms with Crippen LogP contribution in [-0.4, -0.2) is 22.5 Å². The lowest BCUT2D eigenvalue weighted by Crippen LogP contribution is -2.06. The number of thiophene rings is 1. The Bertz CT molecular complexity index is 1160. The van der Waals surface area contributed by atoms with Crippen molar-refractivity contribution in [2.75, 3.05) is 11.9 Å². The molecule has 2 aromatic heterocycles. The van der Waals surface area contributed by atoms with E-state index in [0.717, 1.165) is 27.8 Å². The van der Waals surface area contributed by atoms with Crippen LogP contribution in [0.15, 0.2) is 60.2 Å². The monoisotopic (exact) mass is 407 g/mol. The molecule has 0 aliphatic rings. The van der Waals surface area contributed by atoms with Gasteiger partial charge in [0.1, 0.15) is 22.8 Å². The van der Waals surface area contributed by atoms with Gasteiger partial charge in [-0.3, -0.25) is 0 Å². The summed E-state index contributed by atoms with van der Waals surface area (Å²) >= 11 is 1.50. The number of nitrogens with one attached hydrogen (secondary N) is 1. The molecule has 0 spiro atoms. The fraction of sp³-hybridized carbons (Fsp3) is 0.136. The highest BCUT2D eigenvalue weighted by molar-refractivity contribution is 7.17. The molecule has 7 heteroatoms. The van der Waals surface area contributed by atoms with Gasteiger partial charge in [0.15, 0.2) is 0 Å². The molecule has 29 heavy (non-hydrogen) atoms. The van der Waals surface area contributed by atoms with Crippen molar-refractivity contribution in [3.8, 4) is 11.1 Å². The van der Waals surface area contributed by atoms with Crippen LogP contribution < -0.4 is 5.32 Å². The van der Waals surface area contributed by atoms with Crippen molar-refractivity contribution in [3.63, 3.8) is 0 Å². The summed E-state index contributed by atoms with van der Waals surface area (Å²) in [5.74, 6) is -0.0184. The average molecular weight is 407 g/mol. The van der Waals surface area contributed by atoms with E-state index in [2.05, 4.69) is 15.3 Å².